The van der Waals surface area contributed by atoms with Gasteiger partial charge in [-0.15, -0.1) is 0 Å². The highest BCUT2D eigenvalue weighted by atomic mass is 32.2. The van der Waals surface area contributed by atoms with E-state index in [9.17, 15) is 32.0 Å². The first-order chi connectivity index (χ1) is 24.8. The van der Waals surface area contributed by atoms with E-state index in [2.05, 4.69) is 4.72 Å². The van der Waals surface area contributed by atoms with Gasteiger partial charge in [-0.3, -0.25) is 24.0 Å². The summed E-state index contributed by atoms with van der Waals surface area (Å²) in [5.74, 6) is -0.725. The van der Waals surface area contributed by atoms with Crippen LogP contribution in [-0.4, -0.2) is 65.8 Å². The molecule has 52 heavy (non-hydrogen) atoms. The molecule has 0 radical (unpaired) electrons. The molecule has 4 heterocycles. The van der Waals surface area contributed by atoms with Crippen molar-refractivity contribution < 1.29 is 41.1 Å². The fourth-order valence-electron chi connectivity index (χ4n) is 8.22. The van der Waals surface area contributed by atoms with Crippen LogP contribution in [0.15, 0.2) is 40.8 Å². The van der Waals surface area contributed by atoms with Gasteiger partial charge in [0.15, 0.2) is 5.78 Å². The number of nitrogens with zero attached hydrogens (tertiary/aromatic N) is 2. The van der Waals surface area contributed by atoms with Crippen LogP contribution in [0.4, 0.5) is 9.18 Å². The van der Waals surface area contributed by atoms with Crippen LogP contribution in [0.2, 0.25) is 0 Å². The summed E-state index contributed by atoms with van der Waals surface area (Å²) in [4.78, 5) is 59.0. The number of ketones is 1. The number of rotatable bonds is 7. The van der Waals surface area contributed by atoms with E-state index < -0.39 is 56.6 Å². The molecule has 11 nitrogen and oxygen atoms in total. The average Bonchev–Trinajstić information content (AvgIpc) is 3.94. The normalized spacial score (nSPS) is 28.7. The molecule has 1 N–H and O–H groups in total. The van der Waals surface area contributed by atoms with Gasteiger partial charge in [0.1, 0.15) is 23.4 Å². The summed E-state index contributed by atoms with van der Waals surface area (Å²) >= 11 is 0. The fourth-order valence-corrected chi connectivity index (χ4v) is 9.60. The number of carbonyl (C=O) groups is 4. The van der Waals surface area contributed by atoms with Crippen LogP contribution in [0.25, 0.3) is 0 Å². The van der Waals surface area contributed by atoms with Crippen LogP contribution >= 0.6 is 0 Å². The van der Waals surface area contributed by atoms with Crippen LogP contribution in [0.1, 0.15) is 98.8 Å². The molecule has 280 valence electrons. The van der Waals surface area contributed by atoms with E-state index in [-0.39, 0.29) is 50.1 Å². The number of allylic oxidation sites excluding steroid dienone is 2. The van der Waals surface area contributed by atoms with Crippen molar-refractivity contribution in [1.29, 1.82) is 0 Å². The number of sulfonamides is 1. The van der Waals surface area contributed by atoms with Crippen LogP contribution < -0.4 is 4.72 Å². The summed E-state index contributed by atoms with van der Waals surface area (Å²) in [5, 5.41) is -0.595. The Hall–Kier alpha value is -4.00. The monoisotopic (exact) mass is 737 g/mol. The largest absolute Gasteiger partial charge is 0.466 e. The quantitative estimate of drug-likeness (QED) is 0.352. The lowest BCUT2D eigenvalue weighted by molar-refractivity contribution is -0.142. The third-order valence-electron chi connectivity index (χ3n) is 11.7. The maximum absolute atomic E-state index is 14.5. The molecule has 5 atom stereocenters. The van der Waals surface area contributed by atoms with Gasteiger partial charge in [-0.05, 0) is 88.0 Å². The van der Waals surface area contributed by atoms with Crippen LogP contribution in [0, 0.1) is 36.9 Å². The minimum absolute atomic E-state index is 0.00415. The molecular formula is C39H48FN3O8S. The smallest absolute Gasteiger partial charge is 0.410 e. The van der Waals surface area contributed by atoms with Crippen LogP contribution in [0.5, 0.6) is 0 Å². The zero-order valence-electron chi connectivity index (χ0n) is 29.9. The van der Waals surface area contributed by atoms with Crippen molar-refractivity contribution in [2.75, 3.05) is 6.54 Å². The topological polar surface area (TPSA) is 143 Å². The van der Waals surface area contributed by atoms with Crippen molar-refractivity contribution in [2.45, 2.75) is 121 Å². The molecule has 1 aromatic heterocycles. The number of halogens is 1. The maximum atomic E-state index is 14.5. The van der Waals surface area contributed by atoms with Gasteiger partial charge in [0, 0.05) is 37.3 Å². The van der Waals surface area contributed by atoms with Crippen LogP contribution in [-0.2, 0) is 48.7 Å². The number of aryl methyl sites for hydroxylation is 3. The Balaban J connectivity index is 1.13. The number of furan rings is 1. The zero-order valence-corrected chi connectivity index (χ0v) is 30.7. The van der Waals surface area contributed by atoms with Crippen molar-refractivity contribution >= 4 is 33.7 Å². The molecule has 13 heteroatoms. The van der Waals surface area contributed by atoms with E-state index in [0.29, 0.717) is 49.7 Å². The lowest BCUT2D eigenvalue weighted by atomic mass is 9.90. The lowest BCUT2D eigenvalue weighted by Gasteiger charge is -2.29. The minimum Gasteiger partial charge on any atom is -0.466 e. The van der Waals surface area contributed by atoms with E-state index in [1.165, 1.54) is 15.9 Å². The van der Waals surface area contributed by atoms with Crippen molar-refractivity contribution in [3.05, 3.63) is 70.4 Å². The van der Waals surface area contributed by atoms with Gasteiger partial charge in [0.05, 0.1) is 29.8 Å². The number of carbonyl (C=O) groups excluding carboxylic acids is 4. The molecule has 1 aromatic carbocycles. The molecule has 0 unspecified atom stereocenters. The van der Waals surface area contributed by atoms with Crippen molar-refractivity contribution in [3.8, 4) is 0 Å². The van der Waals surface area contributed by atoms with Gasteiger partial charge < -0.3 is 14.1 Å². The first kappa shape index (κ1) is 36.4. The summed E-state index contributed by atoms with van der Waals surface area (Å²) in [6.07, 6.45) is 8.69. The number of amides is 3. The van der Waals surface area contributed by atoms with Crippen molar-refractivity contribution in [3.63, 3.8) is 0 Å². The number of fused-ring (bicyclic) bond motifs is 3. The Morgan fingerprint density at radius 1 is 1.10 bits per heavy atom. The molecule has 0 bridgehead atoms. The van der Waals surface area contributed by atoms with Gasteiger partial charge in [-0.2, -0.15) is 0 Å². The van der Waals surface area contributed by atoms with Gasteiger partial charge >= 0.3 is 6.09 Å². The molecule has 2 aliphatic carbocycles. The highest BCUT2D eigenvalue weighted by Crippen LogP contribution is 2.57. The number of hydrogen-bond acceptors (Lipinski definition) is 8. The van der Waals surface area contributed by atoms with Crippen molar-refractivity contribution in [1.82, 2.24) is 14.5 Å². The Labute approximate surface area is 304 Å². The molecule has 3 aliphatic heterocycles. The molecule has 3 amide bonds. The summed E-state index contributed by atoms with van der Waals surface area (Å²) in [7, 11) is -3.84. The summed E-state index contributed by atoms with van der Waals surface area (Å²) < 4.78 is 54.2. The number of Topliss-reactive ketones (excluding diaryl/α,β-unsaturated/α-hetero) is 1. The van der Waals surface area contributed by atoms with E-state index >= 15 is 0 Å². The average molecular weight is 738 g/mol. The number of hydrogen-bond donors (Lipinski definition) is 1. The maximum Gasteiger partial charge on any atom is 0.410 e. The third-order valence-corrected chi connectivity index (χ3v) is 13.6. The number of ether oxygens (including phenoxy) is 1. The van der Waals surface area contributed by atoms with E-state index in [1.807, 2.05) is 32.1 Å². The highest BCUT2D eigenvalue weighted by molar-refractivity contribution is 7.90. The Morgan fingerprint density at radius 3 is 2.63 bits per heavy atom. The minimum atomic E-state index is -3.84. The van der Waals surface area contributed by atoms with Gasteiger partial charge in [-0.25, -0.2) is 17.6 Å². The summed E-state index contributed by atoms with van der Waals surface area (Å²) in [6.45, 7) is 4.13. The molecule has 2 saturated carbocycles. The number of nitrogens with one attached hydrogen (secondary N) is 1. The third kappa shape index (κ3) is 7.56. The molecule has 5 aliphatic rings. The van der Waals surface area contributed by atoms with E-state index in [1.54, 1.807) is 12.1 Å². The summed E-state index contributed by atoms with van der Waals surface area (Å²) in [5.41, 5.74) is 0.941. The predicted octanol–water partition coefficient (Wildman–Crippen LogP) is 5.80. The SMILES string of the molecule is Cc1cc(CC[C@H]2CCCCC/C=C\[C@@H]3C[C@@]3(C(=O)NS(=O)(=O)C3CC3)CC(=O)[C@@H]3C[C@@H](OC(=O)N4Cc5cccc(F)c5C4)CN3C2=O)oc1C. The van der Waals surface area contributed by atoms with Crippen LogP contribution in [0.3, 0.4) is 0 Å². The Morgan fingerprint density at radius 2 is 1.90 bits per heavy atom. The predicted molar refractivity (Wildman–Crippen MR) is 189 cm³/mol. The second-order valence-corrected chi connectivity index (χ2v) is 17.5. The Kier molecular flexibility index (Phi) is 10.1. The first-order valence-electron chi connectivity index (χ1n) is 18.7. The standard InChI is InChI=1S/C39H48FN3O8S/c1-24-17-29(50-25(24)2)14-13-26-9-6-4-3-5-7-11-28-19-39(28,37(46)41-52(48,49)31-15-16-31)20-35(44)34-18-30(22-43(34)36(26)45)51-38(47)42-21-27-10-8-12-33(40)32(27)23-42/h7-8,10-12,17,26,28,30-31,34H,3-6,9,13-16,18-23H2,1-2H3,(H,41,46)/b11-7-/t26-,28-,30-,34+,39-/m1/s1. The molecule has 0 spiro atoms. The molecule has 7 rings (SSSR count). The van der Waals surface area contributed by atoms with Gasteiger partial charge in [0.25, 0.3) is 0 Å². The molecule has 3 fully saturated rings. The van der Waals surface area contributed by atoms with Gasteiger partial charge in [0.2, 0.25) is 21.8 Å². The van der Waals surface area contributed by atoms with E-state index in [4.69, 9.17) is 9.15 Å². The highest BCUT2D eigenvalue weighted by Gasteiger charge is 2.61. The Bertz CT molecular complexity index is 1870. The zero-order chi connectivity index (χ0) is 36.8. The molecular weight excluding hydrogens is 690 g/mol. The van der Waals surface area contributed by atoms with Crippen molar-refractivity contribution in [2.24, 2.45) is 17.3 Å². The molecule has 2 aromatic rings. The fraction of sp³-hybridized carbons (Fsp3) is 0.590. The first-order valence-corrected chi connectivity index (χ1v) is 20.2. The second kappa shape index (κ2) is 14.4. The van der Waals surface area contributed by atoms with E-state index in [0.717, 1.165) is 42.8 Å². The number of benzene rings is 1. The second-order valence-electron chi connectivity index (χ2n) is 15.5. The molecule has 1 saturated heterocycles. The summed E-state index contributed by atoms with van der Waals surface area (Å²) in [6, 6.07) is 5.74. The lowest BCUT2D eigenvalue weighted by Crippen LogP contribution is -2.46. The van der Waals surface area contributed by atoms with Gasteiger partial charge in [-0.1, -0.05) is 37.1 Å².